The van der Waals surface area contributed by atoms with Crippen molar-refractivity contribution in [2.45, 2.75) is 70.6 Å². The summed E-state index contributed by atoms with van der Waals surface area (Å²) in [5, 5.41) is 6.81. The standard InChI is InChI=1S/C15H26N2OS/c1-10-6-7-12(18-10)11(16-5)8-14-17-13(9-19-14)15(2,3)4/h9-12,16H,6-8H2,1-5H3. The van der Waals surface area contributed by atoms with Gasteiger partial charge in [0, 0.05) is 23.3 Å². The highest BCUT2D eigenvalue weighted by Crippen LogP contribution is 2.27. The van der Waals surface area contributed by atoms with Crippen LogP contribution in [0.2, 0.25) is 0 Å². The van der Waals surface area contributed by atoms with E-state index in [-0.39, 0.29) is 5.41 Å². The summed E-state index contributed by atoms with van der Waals surface area (Å²) < 4.78 is 5.97. The summed E-state index contributed by atoms with van der Waals surface area (Å²) in [6.45, 7) is 8.79. The number of thiazole rings is 1. The van der Waals surface area contributed by atoms with Gasteiger partial charge in [-0.1, -0.05) is 20.8 Å². The first-order chi connectivity index (χ1) is 8.90. The van der Waals surface area contributed by atoms with Crippen molar-refractivity contribution in [2.75, 3.05) is 7.05 Å². The summed E-state index contributed by atoms with van der Waals surface area (Å²) in [7, 11) is 2.02. The van der Waals surface area contributed by atoms with E-state index >= 15 is 0 Å². The summed E-state index contributed by atoms with van der Waals surface area (Å²) in [5.41, 5.74) is 1.34. The van der Waals surface area contributed by atoms with Crippen LogP contribution in [0, 0.1) is 0 Å². The number of aromatic nitrogens is 1. The van der Waals surface area contributed by atoms with Crippen molar-refractivity contribution < 1.29 is 4.74 Å². The fourth-order valence-electron chi connectivity index (χ4n) is 2.49. The number of nitrogens with one attached hydrogen (secondary N) is 1. The summed E-state index contributed by atoms with van der Waals surface area (Å²) in [6.07, 6.45) is 4.04. The van der Waals surface area contributed by atoms with Gasteiger partial charge in [-0.2, -0.15) is 0 Å². The molecule has 0 spiro atoms. The van der Waals surface area contributed by atoms with Crippen LogP contribution >= 0.6 is 11.3 Å². The Hall–Kier alpha value is -0.450. The molecule has 1 aliphatic rings. The van der Waals surface area contributed by atoms with Crippen LogP contribution in [0.5, 0.6) is 0 Å². The molecule has 3 nitrogen and oxygen atoms in total. The van der Waals surface area contributed by atoms with Gasteiger partial charge in [-0.05, 0) is 26.8 Å². The minimum absolute atomic E-state index is 0.141. The zero-order chi connectivity index (χ0) is 14.0. The van der Waals surface area contributed by atoms with Gasteiger partial charge in [0.15, 0.2) is 0 Å². The van der Waals surface area contributed by atoms with E-state index in [2.05, 4.69) is 38.4 Å². The molecule has 108 valence electrons. The zero-order valence-electron chi connectivity index (χ0n) is 12.7. The van der Waals surface area contributed by atoms with Crippen molar-refractivity contribution in [3.05, 3.63) is 16.1 Å². The van der Waals surface area contributed by atoms with Crippen molar-refractivity contribution in [3.8, 4) is 0 Å². The molecule has 0 aromatic carbocycles. The largest absolute Gasteiger partial charge is 0.374 e. The van der Waals surface area contributed by atoms with E-state index in [0.29, 0.717) is 18.2 Å². The van der Waals surface area contributed by atoms with E-state index in [1.165, 1.54) is 17.1 Å². The average molecular weight is 282 g/mol. The molecule has 4 heteroatoms. The highest BCUT2D eigenvalue weighted by atomic mass is 32.1. The van der Waals surface area contributed by atoms with E-state index in [9.17, 15) is 0 Å². The van der Waals surface area contributed by atoms with E-state index in [0.717, 1.165) is 12.8 Å². The number of ether oxygens (including phenoxy) is 1. The molecule has 3 unspecified atom stereocenters. The summed E-state index contributed by atoms with van der Waals surface area (Å²) >= 11 is 1.77. The molecule has 0 saturated carbocycles. The summed E-state index contributed by atoms with van der Waals surface area (Å²) in [5.74, 6) is 0. The van der Waals surface area contributed by atoms with Gasteiger partial charge in [0.25, 0.3) is 0 Å². The van der Waals surface area contributed by atoms with Crippen LogP contribution in [0.4, 0.5) is 0 Å². The van der Waals surface area contributed by atoms with E-state index in [1.807, 2.05) is 7.05 Å². The lowest BCUT2D eigenvalue weighted by Gasteiger charge is -2.22. The van der Waals surface area contributed by atoms with Crippen molar-refractivity contribution in [1.82, 2.24) is 10.3 Å². The van der Waals surface area contributed by atoms with Crippen LogP contribution in [0.15, 0.2) is 5.38 Å². The molecular formula is C15H26N2OS. The Morgan fingerprint density at radius 1 is 1.47 bits per heavy atom. The predicted octanol–water partition coefficient (Wildman–Crippen LogP) is 3.14. The van der Waals surface area contributed by atoms with Gasteiger partial charge in [-0.15, -0.1) is 11.3 Å². The molecule has 1 fully saturated rings. The Kier molecular flexibility index (Phi) is 4.64. The predicted molar refractivity (Wildman–Crippen MR) is 80.9 cm³/mol. The summed E-state index contributed by atoms with van der Waals surface area (Å²) in [6, 6.07) is 0.379. The van der Waals surface area contributed by atoms with E-state index in [1.54, 1.807) is 11.3 Å². The third-order valence-electron chi connectivity index (χ3n) is 3.80. The molecule has 19 heavy (non-hydrogen) atoms. The van der Waals surface area contributed by atoms with Gasteiger partial charge in [0.05, 0.1) is 22.9 Å². The Morgan fingerprint density at radius 3 is 2.68 bits per heavy atom. The topological polar surface area (TPSA) is 34.2 Å². The lowest BCUT2D eigenvalue weighted by Crippen LogP contribution is -2.39. The first kappa shape index (κ1) is 14.9. The highest BCUT2D eigenvalue weighted by Gasteiger charge is 2.29. The third kappa shape index (κ3) is 3.77. The Balaban J connectivity index is 2.00. The van der Waals surface area contributed by atoms with Crippen LogP contribution in [0.3, 0.4) is 0 Å². The molecule has 1 aromatic heterocycles. The lowest BCUT2D eigenvalue weighted by molar-refractivity contribution is 0.0337. The Labute approximate surface area is 120 Å². The highest BCUT2D eigenvalue weighted by molar-refractivity contribution is 7.09. The lowest BCUT2D eigenvalue weighted by atomic mass is 9.93. The molecule has 1 N–H and O–H groups in total. The number of likely N-dealkylation sites (N-methyl/N-ethyl adjacent to an activating group) is 1. The van der Waals surface area contributed by atoms with Crippen LogP contribution in [0.25, 0.3) is 0 Å². The Morgan fingerprint density at radius 2 is 2.21 bits per heavy atom. The Bertz CT molecular complexity index is 411. The van der Waals surface area contributed by atoms with Crippen molar-refractivity contribution in [3.63, 3.8) is 0 Å². The maximum absolute atomic E-state index is 5.97. The quantitative estimate of drug-likeness (QED) is 0.921. The molecule has 1 aliphatic heterocycles. The van der Waals surface area contributed by atoms with E-state index in [4.69, 9.17) is 9.72 Å². The van der Waals surface area contributed by atoms with Gasteiger partial charge in [0.1, 0.15) is 0 Å². The molecule has 3 atom stereocenters. The molecule has 2 rings (SSSR count). The SMILES string of the molecule is CNC(Cc1nc(C(C)(C)C)cs1)C1CCC(C)O1. The molecule has 1 aromatic rings. The number of hydrogen-bond acceptors (Lipinski definition) is 4. The molecule has 2 heterocycles. The third-order valence-corrected chi connectivity index (χ3v) is 4.67. The van der Waals surface area contributed by atoms with Crippen LogP contribution in [0.1, 0.15) is 51.2 Å². The van der Waals surface area contributed by atoms with Crippen LogP contribution in [-0.4, -0.2) is 30.3 Å². The minimum Gasteiger partial charge on any atom is -0.374 e. The minimum atomic E-state index is 0.141. The first-order valence-electron chi connectivity index (χ1n) is 7.17. The van der Waals surface area contributed by atoms with Crippen LogP contribution < -0.4 is 5.32 Å². The van der Waals surface area contributed by atoms with Gasteiger partial charge in [-0.3, -0.25) is 0 Å². The molecule has 1 saturated heterocycles. The van der Waals surface area contributed by atoms with Gasteiger partial charge >= 0.3 is 0 Å². The summed E-state index contributed by atoms with van der Waals surface area (Å²) in [4.78, 5) is 4.78. The number of rotatable bonds is 4. The maximum Gasteiger partial charge on any atom is 0.0945 e. The molecule has 0 radical (unpaired) electrons. The smallest absolute Gasteiger partial charge is 0.0945 e. The van der Waals surface area contributed by atoms with E-state index < -0.39 is 0 Å². The normalized spacial score (nSPS) is 25.7. The molecular weight excluding hydrogens is 256 g/mol. The second-order valence-corrected chi connectivity index (χ2v) is 7.48. The van der Waals surface area contributed by atoms with Gasteiger partial charge < -0.3 is 10.1 Å². The van der Waals surface area contributed by atoms with Crippen molar-refractivity contribution in [1.29, 1.82) is 0 Å². The average Bonchev–Trinajstić information content (AvgIpc) is 2.94. The monoisotopic (exact) mass is 282 g/mol. The second kappa shape index (κ2) is 5.90. The van der Waals surface area contributed by atoms with Gasteiger partial charge in [0.2, 0.25) is 0 Å². The fraction of sp³-hybridized carbons (Fsp3) is 0.800. The number of nitrogens with zero attached hydrogens (tertiary/aromatic N) is 1. The first-order valence-corrected chi connectivity index (χ1v) is 8.05. The molecule has 0 aliphatic carbocycles. The molecule has 0 amide bonds. The number of hydrogen-bond donors (Lipinski definition) is 1. The zero-order valence-corrected chi connectivity index (χ0v) is 13.5. The van der Waals surface area contributed by atoms with Crippen LogP contribution in [-0.2, 0) is 16.6 Å². The van der Waals surface area contributed by atoms with Gasteiger partial charge in [-0.25, -0.2) is 4.98 Å². The fourth-order valence-corrected chi connectivity index (χ4v) is 3.57. The van der Waals surface area contributed by atoms with Crippen molar-refractivity contribution >= 4 is 11.3 Å². The maximum atomic E-state index is 5.97. The van der Waals surface area contributed by atoms with Crippen molar-refractivity contribution in [2.24, 2.45) is 0 Å². The molecule has 0 bridgehead atoms. The second-order valence-electron chi connectivity index (χ2n) is 6.54.